The van der Waals surface area contributed by atoms with Crippen molar-refractivity contribution in [1.82, 2.24) is 0 Å². The van der Waals surface area contributed by atoms with E-state index in [-0.39, 0.29) is 5.75 Å². The number of methoxy groups -OCH3 is 1. The third kappa shape index (κ3) is 3.28. The maximum atomic E-state index is 13.5. The van der Waals surface area contributed by atoms with Gasteiger partial charge in [-0.05, 0) is 19.3 Å². The number of anilines is 2. The minimum atomic E-state index is -0.427. The van der Waals surface area contributed by atoms with Gasteiger partial charge in [0.25, 0.3) is 0 Å². The van der Waals surface area contributed by atoms with Gasteiger partial charge in [0.2, 0.25) is 0 Å². The zero-order chi connectivity index (χ0) is 13.9. The summed E-state index contributed by atoms with van der Waals surface area (Å²) in [6.07, 6.45) is 1.05. The molecule has 18 heavy (non-hydrogen) atoms. The third-order valence-corrected chi connectivity index (χ3v) is 3.15. The van der Waals surface area contributed by atoms with E-state index in [1.165, 1.54) is 13.2 Å². The van der Waals surface area contributed by atoms with Crippen LogP contribution in [-0.4, -0.2) is 20.2 Å². The molecule has 0 bridgehead atoms. The summed E-state index contributed by atoms with van der Waals surface area (Å²) >= 11 is 0. The number of hydrogen-bond acceptors (Lipinski definition) is 3. The van der Waals surface area contributed by atoms with Crippen molar-refractivity contribution in [1.29, 1.82) is 0 Å². The Kier molecular flexibility index (Phi) is 4.82. The first-order chi connectivity index (χ1) is 8.36. The molecule has 0 radical (unpaired) electrons. The van der Waals surface area contributed by atoms with Gasteiger partial charge in [-0.1, -0.05) is 13.8 Å². The molecule has 1 aromatic rings. The van der Waals surface area contributed by atoms with Crippen molar-refractivity contribution in [3.63, 3.8) is 0 Å². The van der Waals surface area contributed by atoms with E-state index in [2.05, 4.69) is 25.7 Å². The van der Waals surface area contributed by atoms with Gasteiger partial charge >= 0.3 is 0 Å². The molecule has 0 spiro atoms. The minimum absolute atomic E-state index is 0.225. The van der Waals surface area contributed by atoms with E-state index in [0.717, 1.165) is 12.1 Å². The predicted molar refractivity (Wildman–Crippen MR) is 74.7 cm³/mol. The molecule has 0 amide bonds. The van der Waals surface area contributed by atoms with Crippen LogP contribution < -0.4 is 15.4 Å². The first kappa shape index (κ1) is 14.6. The lowest BCUT2D eigenvalue weighted by Crippen LogP contribution is -2.30. The van der Waals surface area contributed by atoms with Crippen LogP contribution in [0.3, 0.4) is 0 Å². The molecule has 0 fully saturated rings. The summed E-state index contributed by atoms with van der Waals surface area (Å²) in [5.41, 5.74) is 7.12. The Morgan fingerprint density at radius 1 is 1.33 bits per heavy atom. The van der Waals surface area contributed by atoms with E-state index in [1.807, 2.05) is 7.05 Å². The van der Waals surface area contributed by atoms with Gasteiger partial charge in [0.05, 0.1) is 18.5 Å². The summed E-state index contributed by atoms with van der Waals surface area (Å²) in [5, 5.41) is 0. The van der Waals surface area contributed by atoms with Crippen LogP contribution in [0.5, 0.6) is 5.75 Å². The summed E-state index contributed by atoms with van der Waals surface area (Å²) < 4.78 is 18.5. The lowest BCUT2D eigenvalue weighted by atomic mass is 10.0. The molecule has 0 aliphatic carbocycles. The fraction of sp³-hybridized carbons (Fsp3) is 0.571. The summed E-state index contributed by atoms with van der Waals surface area (Å²) in [7, 11) is 3.42. The Labute approximate surface area is 109 Å². The van der Waals surface area contributed by atoms with Crippen LogP contribution in [-0.2, 0) is 0 Å². The largest absolute Gasteiger partial charge is 0.494 e. The van der Waals surface area contributed by atoms with Gasteiger partial charge in [0, 0.05) is 25.2 Å². The topological polar surface area (TPSA) is 38.5 Å². The fourth-order valence-corrected chi connectivity index (χ4v) is 2.10. The van der Waals surface area contributed by atoms with Crippen LogP contribution >= 0.6 is 0 Å². The van der Waals surface area contributed by atoms with Crippen molar-refractivity contribution in [3.05, 3.63) is 17.9 Å². The molecule has 0 heterocycles. The second-order valence-corrected chi connectivity index (χ2v) is 5.14. The molecule has 0 aliphatic rings. The molecule has 0 aromatic heterocycles. The van der Waals surface area contributed by atoms with Crippen LogP contribution in [0.2, 0.25) is 0 Å². The smallest absolute Gasteiger partial charge is 0.167 e. The number of hydrogen-bond donors (Lipinski definition) is 1. The van der Waals surface area contributed by atoms with Crippen molar-refractivity contribution in [2.45, 2.75) is 33.2 Å². The van der Waals surface area contributed by atoms with Crippen LogP contribution in [0.15, 0.2) is 12.1 Å². The summed E-state index contributed by atoms with van der Waals surface area (Å²) in [5.74, 6) is 0.400. The maximum absolute atomic E-state index is 13.5. The normalized spacial score (nSPS) is 12.6. The number of nitrogen functional groups attached to an aromatic ring is 1. The molecule has 1 rings (SSSR count). The van der Waals surface area contributed by atoms with E-state index in [1.54, 1.807) is 6.07 Å². The van der Waals surface area contributed by atoms with Gasteiger partial charge < -0.3 is 15.4 Å². The number of ether oxygens (including phenoxy) is 1. The number of halogens is 1. The highest BCUT2D eigenvalue weighted by Gasteiger charge is 2.16. The van der Waals surface area contributed by atoms with Crippen molar-refractivity contribution in [3.8, 4) is 5.75 Å². The Morgan fingerprint density at radius 2 is 1.94 bits per heavy atom. The molecule has 1 aromatic carbocycles. The van der Waals surface area contributed by atoms with Gasteiger partial charge in [-0.3, -0.25) is 0 Å². The molecule has 102 valence electrons. The van der Waals surface area contributed by atoms with Gasteiger partial charge in [-0.2, -0.15) is 0 Å². The molecule has 2 N–H and O–H groups in total. The third-order valence-electron chi connectivity index (χ3n) is 3.15. The number of nitrogens with two attached hydrogens (primary N) is 1. The molecular weight excluding hydrogens is 231 g/mol. The Hall–Kier alpha value is -1.45. The van der Waals surface area contributed by atoms with Crippen LogP contribution in [0.4, 0.5) is 15.8 Å². The highest BCUT2D eigenvalue weighted by molar-refractivity contribution is 5.70. The van der Waals surface area contributed by atoms with E-state index < -0.39 is 5.82 Å². The number of rotatable bonds is 5. The SMILES string of the molecule is COc1cc(N(C)C(C)CC(C)C)c(N)cc1F. The maximum Gasteiger partial charge on any atom is 0.167 e. The molecule has 3 nitrogen and oxygen atoms in total. The second-order valence-electron chi connectivity index (χ2n) is 5.14. The zero-order valence-electron chi connectivity index (χ0n) is 11.8. The highest BCUT2D eigenvalue weighted by atomic mass is 19.1. The summed E-state index contributed by atoms with van der Waals surface area (Å²) in [4.78, 5) is 2.07. The van der Waals surface area contributed by atoms with Crippen molar-refractivity contribution < 1.29 is 9.13 Å². The number of nitrogens with zero attached hydrogens (tertiary/aromatic N) is 1. The first-order valence-corrected chi connectivity index (χ1v) is 6.22. The predicted octanol–water partition coefficient (Wildman–Crippen LogP) is 3.29. The summed E-state index contributed by atoms with van der Waals surface area (Å²) in [6.45, 7) is 6.49. The van der Waals surface area contributed by atoms with E-state index in [4.69, 9.17) is 10.5 Å². The van der Waals surface area contributed by atoms with E-state index >= 15 is 0 Å². The van der Waals surface area contributed by atoms with Gasteiger partial charge in [0.1, 0.15) is 0 Å². The highest BCUT2D eigenvalue weighted by Crippen LogP contribution is 2.32. The van der Waals surface area contributed by atoms with Gasteiger partial charge in [-0.15, -0.1) is 0 Å². The quantitative estimate of drug-likeness (QED) is 0.819. The zero-order valence-corrected chi connectivity index (χ0v) is 11.8. The van der Waals surface area contributed by atoms with Crippen molar-refractivity contribution in [2.75, 3.05) is 24.8 Å². The molecular formula is C14H23FN2O. The van der Waals surface area contributed by atoms with E-state index in [0.29, 0.717) is 17.6 Å². The first-order valence-electron chi connectivity index (χ1n) is 6.22. The standard InChI is InChI=1S/C14H23FN2O/c1-9(2)6-10(3)17(4)13-8-14(18-5)11(15)7-12(13)16/h7-10H,6,16H2,1-5H3. The van der Waals surface area contributed by atoms with Crippen molar-refractivity contribution in [2.24, 2.45) is 5.92 Å². The van der Waals surface area contributed by atoms with Crippen LogP contribution in [0, 0.1) is 11.7 Å². The molecule has 0 saturated heterocycles. The molecule has 0 saturated carbocycles. The van der Waals surface area contributed by atoms with Crippen LogP contribution in [0.1, 0.15) is 27.2 Å². The second kappa shape index (κ2) is 5.94. The van der Waals surface area contributed by atoms with Crippen LogP contribution in [0.25, 0.3) is 0 Å². The minimum Gasteiger partial charge on any atom is -0.494 e. The van der Waals surface area contributed by atoms with Gasteiger partial charge in [0.15, 0.2) is 11.6 Å². The Balaban J connectivity index is 3.01. The lowest BCUT2D eigenvalue weighted by Gasteiger charge is -2.29. The molecule has 0 aliphatic heterocycles. The average molecular weight is 254 g/mol. The Morgan fingerprint density at radius 3 is 2.44 bits per heavy atom. The van der Waals surface area contributed by atoms with Crippen molar-refractivity contribution >= 4 is 11.4 Å². The molecule has 1 atom stereocenters. The molecule has 1 unspecified atom stereocenters. The lowest BCUT2D eigenvalue weighted by molar-refractivity contribution is 0.386. The number of benzene rings is 1. The Bertz CT molecular complexity index is 407. The molecule has 4 heteroatoms. The summed E-state index contributed by atoms with van der Waals surface area (Å²) in [6, 6.07) is 3.30. The fourth-order valence-electron chi connectivity index (χ4n) is 2.10. The average Bonchev–Trinajstić information content (AvgIpc) is 2.27. The van der Waals surface area contributed by atoms with Gasteiger partial charge in [-0.25, -0.2) is 4.39 Å². The monoisotopic (exact) mass is 254 g/mol. The van der Waals surface area contributed by atoms with E-state index in [9.17, 15) is 4.39 Å².